The van der Waals surface area contributed by atoms with E-state index in [1.807, 2.05) is 56.3 Å². The second-order valence-electron chi connectivity index (χ2n) is 8.58. The van der Waals surface area contributed by atoms with Crippen LogP contribution in [0.1, 0.15) is 19.4 Å². The molecule has 178 valence electrons. The van der Waals surface area contributed by atoms with Crippen molar-refractivity contribution in [2.45, 2.75) is 33.0 Å². The Hall–Kier alpha value is -3.81. The highest BCUT2D eigenvalue weighted by Gasteiger charge is 2.19. The summed E-state index contributed by atoms with van der Waals surface area (Å²) >= 11 is 0. The number of nitrogens with one attached hydrogen (secondary N) is 1. The van der Waals surface area contributed by atoms with Crippen LogP contribution in [0.2, 0.25) is 0 Å². The Morgan fingerprint density at radius 2 is 1.62 bits per heavy atom. The highest BCUT2D eigenvalue weighted by Crippen LogP contribution is 2.18. The van der Waals surface area contributed by atoms with E-state index in [4.69, 9.17) is 4.74 Å². The summed E-state index contributed by atoms with van der Waals surface area (Å²) in [7, 11) is 0. The Morgan fingerprint density at radius 1 is 0.941 bits per heavy atom. The van der Waals surface area contributed by atoms with E-state index in [-0.39, 0.29) is 24.1 Å². The van der Waals surface area contributed by atoms with Crippen LogP contribution in [0.25, 0.3) is 0 Å². The summed E-state index contributed by atoms with van der Waals surface area (Å²) in [5.41, 5.74) is 1.87. The molecule has 2 heterocycles. The Kier molecular flexibility index (Phi) is 7.47. The molecule has 4 rings (SSSR count). The molecule has 1 aliphatic rings. The monoisotopic (exact) mass is 461 g/mol. The smallest absolute Gasteiger partial charge is 0.267 e. The Balaban J connectivity index is 1.31. The number of carbonyl (C=O) groups excluding carboxylic acids is 1. The summed E-state index contributed by atoms with van der Waals surface area (Å²) in [6, 6.07) is 21.1. The lowest BCUT2D eigenvalue weighted by molar-refractivity contribution is -0.122. The number of piperazine rings is 1. The summed E-state index contributed by atoms with van der Waals surface area (Å²) in [6.07, 6.45) is 0.111. The number of hydrogen-bond acceptors (Lipinski definition) is 6. The number of ether oxygens (including phenoxy) is 1. The van der Waals surface area contributed by atoms with Crippen LogP contribution < -0.4 is 25.4 Å². The van der Waals surface area contributed by atoms with Gasteiger partial charge in [-0.05, 0) is 49.7 Å². The van der Waals surface area contributed by atoms with Crippen molar-refractivity contribution in [1.29, 1.82) is 0 Å². The number of hydrogen-bond donors (Lipinski definition) is 1. The molecule has 0 saturated carbocycles. The quantitative estimate of drug-likeness (QED) is 0.556. The van der Waals surface area contributed by atoms with Crippen LogP contribution in [0.4, 0.5) is 11.5 Å². The molecule has 0 bridgehead atoms. The molecular formula is C26H31N5O3. The van der Waals surface area contributed by atoms with Gasteiger partial charge < -0.3 is 19.9 Å². The maximum Gasteiger partial charge on any atom is 0.267 e. The average molecular weight is 462 g/mol. The third-order valence-corrected chi connectivity index (χ3v) is 5.66. The molecule has 3 aromatic rings. The fourth-order valence-corrected chi connectivity index (χ4v) is 3.90. The van der Waals surface area contributed by atoms with Crippen molar-refractivity contribution in [3.63, 3.8) is 0 Å². The fraction of sp³-hybridized carbons (Fsp3) is 0.346. The van der Waals surface area contributed by atoms with Crippen LogP contribution in [0, 0.1) is 0 Å². The molecule has 1 saturated heterocycles. The van der Waals surface area contributed by atoms with Gasteiger partial charge in [-0.15, -0.1) is 0 Å². The highest BCUT2D eigenvalue weighted by molar-refractivity contribution is 5.75. The Labute approximate surface area is 199 Å². The van der Waals surface area contributed by atoms with E-state index in [9.17, 15) is 9.59 Å². The van der Waals surface area contributed by atoms with Crippen molar-refractivity contribution in [2.24, 2.45) is 0 Å². The number of nitrogens with zero attached hydrogens (tertiary/aromatic N) is 4. The minimum atomic E-state index is -0.294. The highest BCUT2D eigenvalue weighted by atomic mass is 16.5. The van der Waals surface area contributed by atoms with Crippen LogP contribution in [0.3, 0.4) is 0 Å². The minimum Gasteiger partial charge on any atom is -0.491 e. The number of aromatic nitrogens is 2. The lowest BCUT2D eigenvalue weighted by Gasteiger charge is -2.36. The molecule has 0 atom stereocenters. The molecule has 1 N–H and O–H groups in total. The number of para-hydroxylation sites is 1. The van der Waals surface area contributed by atoms with Crippen LogP contribution in [-0.4, -0.2) is 48.0 Å². The van der Waals surface area contributed by atoms with E-state index in [0.717, 1.165) is 37.5 Å². The maximum absolute atomic E-state index is 12.5. The van der Waals surface area contributed by atoms with Crippen molar-refractivity contribution in [3.8, 4) is 5.75 Å². The van der Waals surface area contributed by atoms with Gasteiger partial charge in [0, 0.05) is 44.5 Å². The van der Waals surface area contributed by atoms with Crippen molar-refractivity contribution < 1.29 is 9.53 Å². The third kappa shape index (κ3) is 6.15. The Morgan fingerprint density at radius 3 is 2.29 bits per heavy atom. The van der Waals surface area contributed by atoms with E-state index in [1.165, 1.54) is 16.4 Å². The molecule has 0 aliphatic carbocycles. The van der Waals surface area contributed by atoms with E-state index >= 15 is 0 Å². The fourth-order valence-electron chi connectivity index (χ4n) is 3.90. The summed E-state index contributed by atoms with van der Waals surface area (Å²) in [5.74, 6) is 1.24. The van der Waals surface area contributed by atoms with Gasteiger partial charge in [-0.3, -0.25) is 9.59 Å². The van der Waals surface area contributed by atoms with Gasteiger partial charge in [-0.2, -0.15) is 5.10 Å². The van der Waals surface area contributed by atoms with Gasteiger partial charge in [0.25, 0.3) is 5.56 Å². The molecule has 34 heavy (non-hydrogen) atoms. The van der Waals surface area contributed by atoms with Crippen LogP contribution >= 0.6 is 0 Å². The van der Waals surface area contributed by atoms with Gasteiger partial charge in [0.2, 0.25) is 5.91 Å². The zero-order valence-corrected chi connectivity index (χ0v) is 19.7. The normalized spacial score (nSPS) is 13.7. The van der Waals surface area contributed by atoms with Crippen molar-refractivity contribution in [1.82, 2.24) is 15.1 Å². The molecule has 0 unspecified atom stereocenters. The van der Waals surface area contributed by atoms with Gasteiger partial charge in [0.05, 0.1) is 6.10 Å². The van der Waals surface area contributed by atoms with Gasteiger partial charge in [0.15, 0.2) is 0 Å². The van der Waals surface area contributed by atoms with E-state index in [2.05, 4.69) is 32.3 Å². The lowest BCUT2D eigenvalue weighted by Crippen LogP contribution is -2.47. The van der Waals surface area contributed by atoms with Gasteiger partial charge in [-0.25, -0.2) is 4.68 Å². The van der Waals surface area contributed by atoms with E-state index < -0.39 is 0 Å². The number of anilines is 2. The van der Waals surface area contributed by atoms with E-state index in [0.29, 0.717) is 12.4 Å². The van der Waals surface area contributed by atoms with Crippen molar-refractivity contribution in [3.05, 3.63) is 82.6 Å². The van der Waals surface area contributed by atoms with Gasteiger partial charge in [-0.1, -0.05) is 30.3 Å². The molecule has 0 spiro atoms. The molecule has 1 aliphatic heterocycles. The second-order valence-corrected chi connectivity index (χ2v) is 8.58. The topological polar surface area (TPSA) is 79.7 Å². The molecule has 0 radical (unpaired) electrons. The van der Waals surface area contributed by atoms with Crippen LogP contribution in [0.15, 0.2) is 71.5 Å². The van der Waals surface area contributed by atoms with Crippen molar-refractivity contribution >= 4 is 17.4 Å². The zero-order chi connectivity index (χ0) is 23.9. The number of benzene rings is 2. The predicted molar refractivity (Wildman–Crippen MR) is 133 cm³/mol. The van der Waals surface area contributed by atoms with Gasteiger partial charge >= 0.3 is 0 Å². The Bertz CT molecular complexity index is 1140. The first-order chi connectivity index (χ1) is 16.5. The summed E-state index contributed by atoms with van der Waals surface area (Å²) in [4.78, 5) is 29.3. The molecular weight excluding hydrogens is 430 g/mol. The van der Waals surface area contributed by atoms with Crippen molar-refractivity contribution in [2.75, 3.05) is 36.0 Å². The molecule has 1 fully saturated rings. The SMILES string of the molecule is CC(C)Oc1ccc(CNC(=O)Cn2nc(N3CCN(c4ccccc4)CC3)ccc2=O)cc1. The van der Waals surface area contributed by atoms with E-state index in [1.54, 1.807) is 6.07 Å². The second kappa shape index (κ2) is 10.9. The molecule has 2 aromatic carbocycles. The number of carbonyl (C=O) groups is 1. The number of amides is 1. The summed E-state index contributed by atoms with van der Waals surface area (Å²) in [6.45, 7) is 7.53. The van der Waals surface area contributed by atoms with Crippen LogP contribution in [0.5, 0.6) is 5.75 Å². The zero-order valence-electron chi connectivity index (χ0n) is 19.7. The molecule has 1 aromatic heterocycles. The third-order valence-electron chi connectivity index (χ3n) is 5.66. The molecule has 1 amide bonds. The lowest BCUT2D eigenvalue weighted by atomic mass is 10.2. The standard InChI is InChI=1S/C26H31N5O3/c1-20(2)34-23-10-8-21(9-11-23)18-27-25(32)19-31-26(33)13-12-24(28-31)30-16-14-29(15-17-30)22-6-4-3-5-7-22/h3-13,20H,14-19H2,1-2H3,(H,27,32). The average Bonchev–Trinajstić information content (AvgIpc) is 2.85. The van der Waals surface area contributed by atoms with Crippen LogP contribution in [-0.2, 0) is 17.9 Å². The summed E-state index contributed by atoms with van der Waals surface area (Å²) < 4.78 is 6.87. The predicted octanol–water partition coefficient (Wildman–Crippen LogP) is 2.67. The summed E-state index contributed by atoms with van der Waals surface area (Å²) in [5, 5.41) is 7.32. The maximum atomic E-state index is 12.5. The first-order valence-electron chi connectivity index (χ1n) is 11.6. The minimum absolute atomic E-state index is 0.111. The number of rotatable bonds is 8. The largest absolute Gasteiger partial charge is 0.491 e. The first-order valence-corrected chi connectivity index (χ1v) is 11.6. The molecule has 8 heteroatoms. The van der Waals surface area contributed by atoms with Gasteiger partial charge in [0.1, 0.15) is 18.1 Å². The first kappa shape index (κ1) is 23.4. The molecule has 8 nitrogen and oxygen atoms in total.